The van der Waals surface area contributed by atoms with Crippen LogP contribution in [0, 0.1) is 22.7 Å². The fourth-order valence-corrected chi connectivity index (χ4v) is 11.3. The summed E-state index contributed by atoms with van der Waals surface area (Å²) in [6.07, 6.45) is 10.1. The number of carbonyl (C=O) groups excluding carboxylic acids is 7. The van der Waals surface area contributed by atoms with E-state index in [-0.39, 0.29) is 67.9 Å². The normalized spacial score (nSPS) is 25.8. The predicted molar refractivity (Wildman–Crippen MR) is 323 cm³/mol. The Morgan fingerprint density at radius 2 is 1.38 bits per heavy atom. The van der Waals surface area contributed by atoms with Crippen molar-refractivity contribution >= 4 is 81.3 Å². The van der Waals surface area contributed by atoms with E-state index in [4.69, 9.17) is 33.7 Å². The number of hydrazine groups is 2. The molecule has 6 amide bonds. The molecule has 0 radical (unpaired) electrons. The van der Waals surface area contributed by atoms with Crippen molar-refractivity contribution in [3.05, 3.63) is 95.3 Å². The van der Waals surface area contributed by atoms with Crippen LogP contribution in [0.25, 0.3) is 34.0 Å². The minimum Gasteiger partial charge on any atom is -0.480 e. The second-order valence-corrected chi connectivity index (χ2v) is 24.4. The van der Waals surface area contributed by atoms with Gasteiger partial charge in [-0.3, -0.25) is 58.3 Å². The van der Waals surface area contributed by atoms with Gasteiger partial charge in [0.05, 0.1) is 87.4 Å². The summed E-state index contributed by atoms with van der Waals surface area (Å²) >= 11 is 0. The zero-order valence-electron chi connectivity index (χ0n) is 50.6. The van der Waals surface area contributed by atoms with E-state index in [0.29, 0.717) is 82.1 Å². The number of aliphatic hydroxyl groups is 1. The smallest absolute Gasteiger partial charge is 0.321 e. The van der Waals surface area contributed by atoms with Crippen molar-refractivity contribution in [1.82, 2.24) is 52.1 Å². The third-order valence-electron chi connectivity index (χ3n) is 17.2. The lowest BCUT2D eigenvalue weighted by Gasteiger charge is -2.35. The van der Waals surface area contributed by atoms with E-state index < -0.39 is 77.0 Å². The highest BCUT2D eigenvalue weighted by molar-refractivity contribution is 5.93. The Hall–Kier alpha value is -7.78. The number of amides is 6. The Balaban J connectivity index is 0.000000196. The van der Waals surface area contributed by atoms with Crippen molar-refractivity contribution in [2.24, 2.45) is 22.7 Å². The number of pyridine rings is 2. The summed E-state index contributed by atoms with van der Waals surface area (Å²) < 4.78 is 28.4. The van der Waals surface area contributed by atoms with Gasteiger partial charge in [-0.05, 0) is 120 Å². The van der Waals surface area contributed by atoms with Crippen LogP contribution >= 0.6 is 0 Å². The maximum atomic E-state index is 13.9. The molecule has 11 rings (SSSR count). The molecular weight excluding hydrogens is 1150 g/mol. The molecule has 25 heteroatoms. The molecule has 2 saturated carbocycles. The van der Waals surface area contributed by atoms with Crippen LogP contribution in [0.3, 0.4) is 0 Å². The predicted octanol–water partition coefficient (Wildman–Crippen LogP) is 3.11. The minimum absolute atomic E-state index is 0.0217. The van der Waals surface area contributed by atoms with E-state index in [1.54, 1.807) is 32.1 Å². The summed E-state index contributed by atoms with van der Waals surface area (Å²) in [7, 11) is 0. The first-order chi connectivity index (χ1) is 42.8. The molecule has 2 aromatic heterocycles. The lowest BCUT2D eigenvalue weighted by molar-refractivity contribution is -0.169. The maximum absolute atomic E-state index is 13.9. The number of benzene rings is 2. The van der Waals surface area contributed by atoms with Gasteiger partial charge in [-0.15, -0.1) is 0 Å². The number of carbonyl (C=O) groups is 8. The van der Waals surface area contributed by atoms with Crippen LogP contribution in [-0.4, -0.2) is 180 Å². The van der Waals surface area contributed by atoms with Crippen LogP contribution in [0.4, 0.5) is 0 Å². The van der Waals surface area contributed by atoms with Crippen LogP contribution in [0.15, 0.2) is 72.8 Å². The summed E-state index contributed by atoms with van der Waals surface area (Å²) in [5.74, 6) is -4.19. The molecule has 0 unspecified atom stereocenters. The number of carboxylic acids is 1. The van der Waals surface area contributed by atoms with Gasteiger partial charge in [-0.1, -0.05) is 60.7 Å². The number of rotatable bonds is 11. The first-order valence-electron chi connectivity index (χ1n) is 30.8. The van der Waals surface area contributed by atoms with E-state index in [1.807, 2.05) is 80.6 Å². The average Bonchev–Trinajstić information content (AvgIpc) is 3.30. The average molecular weight is 1230 g/mol. The van der Waals surface area contributed by atoms with E-state index in [9.17, 15) is 48.6 Å². The van der Waals surface area contributed by atoms with E-state index >= 15 is 0 Å². The molecule has 7 aliphatic rings. The lowest BCUT2D eigenvalue weighted by Crippen LogP contribution is -2.61. The number of cyclic esters (lactones) is 1. The molecule has 476 valence electrons. The highest BCUT2D eigenvalue weighted by atomic mass is 16.6. The number of aromatic nitrogens is 2. The first-order valence-corrected chi connectivity index (χ1v) is 30.8. The van der Waals surface area contributed by atoms with Crippen LogP contribution in [-0.2, 0) is 62.0 Å². The van der Waals surface area contributed by atoms with Gasteiger partial charge in [-0.25, -0.2) is 10.9 Å². The van der Waals surface area contributed by atoms with Gasteiger partial charge in [0, 0.05) is 29.8 Å². The van der Waals surface area contributed by atoms with Gasteiger partial charge in [0.2, 0.25) is 17.7 Å². The maximum Gasteiger partial charge on any atom is 0.321 e. The van der Waals surface area contributed by atoms with Gasteiger partial charge in [0.25, 0.3) is 17.7 Å². The number of aliphatic hydroxyl groups excluding tert-OH is 1. The number of hydrogen-bond acceptors (Lipinski definition) is 18. The second-order valence-electron chi connectivity index (χ2n) is 24.4. The summed E-state index contributed by atoms with van der Waals surface area (Å²) in [5.41, 5.74) is 7.78. The summed E-state index contributed by atoms with van der Waals surface area (Å²) in [6.45, 7) is 9.08. The summed E-state index contributed by atoms with van der Waals surface area (Å²) in [6, 6.07) is 15.1. The van der Waals surface area contributed by atoms with Crippen molar-refractivity contribution in [2.45, 2.75) is 128 Å². The Bertz CT molecular complexity index is 3360. The van der Waals surface area contributed by atoms with Crippen LogP contribution in [0.5, 0.6) is 0 Å². The fraction of sp³-hybridized carbons (Fsp3) is 0.531. The standard InChI is InChI=1S/C32H41N5O8.C32H39N5O7/c1-19(33-28(39)25-4-3-13-37(36-25)30(41)20(2)34-29(40)27(38)23-7-8-23)24-10-9-22-6-5-21(16-26(22)35-24)11-12-32(31(42)43)17-44-14-15-45-18-32;1-19-24-10-9-22-6-5-21(16-26(22)35-24)11-12-32(17-42-14-15-43-18-32)31(41)44-27(23-7-8-23)29(39)34-20(2)30(40)37-13-3-4-25(36-37)28(38)33-19/h5-6,9-12,16,19-20,23,25,27,36,38H,3-4,7-8,13-15,17-18H2,1-2H3,(H,33,39)(H,34,40)(H,42,43);5-6,9-12,16,19-20,23,25,27,36H,3-4,7-8,13-15,17-18H2,1-2H3,(H,33,38)(H,34,39)/b2*12-11+/t2*19-,20+,25+,27+/m11/s1. The van der Waals surface area contributed by atoms with E-state index in [1.165, 1.54) is 10.0 Å². The van der Waals surface area contributed by atoms with Crippen LogP contribution in [0.2, 0.25) is 0 Å². The highest BCUT2D eigenvalue weighted by Crippen LogP contribution is 2.37. The van der Waals surface area contributed by atoms with E-state index in [0.717, 1.165) is 53.1 Å². The van der Waals surface area contributed by atoms with Crippen molar-refractivity contribution in [3.63, 3.8) is 0 Å². The third-order valence-corrected chi connectivity index (χ3v) is 17.2. The molecule has 89 heavy (non-hydrogen) atoms. The molecule has 2 aliphatic carbocycles. The quantitative estimate of drug-likeness (QED) is 0.100. The van der Waals surface area contributed by atoms with E-state index in [2.05, 4.69) is 32.1 Å². The third kappa shape index (κ3) is 15.8. The number of esters is 1. The minimum atomic E-state index is -1.28. The summed E-state index contributed by atoms with van der Waals surface area (Å²) in [5, 5.41) is 35.8. The molecule has 1 spiro atoms. The van der Waals surface area contributed by atoms with Crippen molar-refractivity contribution in [3.8, 4) is 0 Å². The number of fused-ring (bicyclic) bond motifs is 5. The van der Waals surface area contributed by atoms with Crippen molar-refractivity contribution in [2.75, 3.05) is 65.9 Å². The van der Waals surface area contributed by atoms with Crippen molar-refractivity contribution in [1.29, 1.82) is 0 Å². The molecular formula is C64H80N10O15. The fourth-order valence-electron chi connectivity index (χ4n) is 11.3. The summed E-state index contributed by atoms with van der Waals surface area (Å²) in [4.78, 5) is 114. The van der Waals surface area contributed by atoms with Crippen molar-refractivity contribution < 1.29 is 72.3 Å². The lowest BCUT2D eigenvalue weighted by atomic mass is 9.88. The molecule has 5 aliphatic heterocycles. The SMILES string of the molecule is C[C@@H]1NC(=O)[C@H](C2CC2)OC(=O)C2(/C=C/c3ccc4ccc(nc4c3)[C@@H](C)NC(=O)[C@@H]3CCCN(N3)C1=O)COCCOC2.C[C@H](NC(=O)[C@@H](O)C1CC1)C(=O)N1CCC[C@@H](C(=O)N[C@H](C)c2ccc3ccc(/C=C/C4(C(=O)O)COCCOC4)cc3n2)N1. The topological polar surface area (TPSA) is 328 Å². The highest BCUT2D eigenvalue weighted by Gasteiger charge is 2.47. The number of nitrogens with zero attached hydrogens (tertiary/aromatic N) is 4. The number of carboxylic acid groups (broad SMARTS) is 1. The molecule has 4 aromatic rings. The Kier molecular flexibility index (Phi) is 20.5. The second kappa shape index (κ2) is 28.4. The number of hydrogen-bond donors (Lipinski definition) is 8. The van der Waals surface area contributed by atoms with Gasteiger partial charge >= 0.3 is 11.9 Å². The number of nitrogens with one attached hydrogen (secondary N) is 6. The largest absolute Gasteiger partial charge is 0.480 e. The molecule has 6 fully saturated rings. The monoisotopic (exact) mass is 1230 g/mol. The Morgan fingerprint density at radius 1 is 0.730 bits per heavy atom. The molecule has 2 aromatic carbocycles. The number of aliphatic carboxylic acids is 1. The zero-order chi connectivity index (χ0) is 63.0. The molecule has 25 nitrogen and oxygen atoms in total. The van der Waals surface area contributed by atoms with Gasteiger partial charge in [-0.2, -0.15) is 0 Å². The van der Waals surface area contributed by atoms with Gasteiger partial charge in [0.1, 0.15) is 41.1 Å². The molecule has 8 atom stereocenters. The van der Waals surface area contributed by atoms with Crippen LogP contribution in [0.1, 0.15) is 114 Å². The molecule has 5 bridgehead atoms. The van der Waals surface area contributed by atoms with Gasteiger partial charge in [0.15, 0.2) is 6.10 Å². The Morgan fingerprint density at radius 3 is 2.08 bits per heavy atom. The molecule has 7 heterocycles. The first kappa shape index (κ1) is 64.2. The molecule has 4 saturated heterocycles. The van der Waals surface area contributed by atoms with Crippen LogP contribution < -0.4 is 32.1 Å². The molecule has 8 N–H and O–H groups in total. The zero-order valence-corrected chi connectivity index (χ0v) is 50.6. The Labute approximate surface area is 515 Å². The number of ether oxygens (including phenoxy) is 5. The van der Waals surface area contributed by atoms with Gasteiger partial charge < -0.3 is 55.2 Å².